The van der Waals surface area contributed by atoms with Crippen LogP contribution in [0.2, 0.25) is 0 Å². The van der Waals surface area contributed by atoms with Crippen molar-refractivity contribution in [2.75, 3.05) is 0 Å². The standard InChI is InChI=1S/C14H20N2O3/c1-14(2,9-8-11(17)18)16-13(19)12(15)10-6-4-3-5-7-10/h3-7,12H,8-9,15H2,1-2H3,(H,16,19)(H,17,18)/t12-/m0/s1. The van der Waals surface area contributed by atoms with Crippen LogP contribution in [0.4, 0.5) is 0 Å². The lowest BCUT2D eigenvalue weighted by Crippen LogP contribution is -2.47. The lowest BCUT2D eigenvalue weighted by atomic mass is 9.97. The van der Waals surface area contributed by atoms with Crippen molar-refractivity contribution >= 4 is 11.9 Å². The number of aliphatic carboxylic acids is 1. The third-order valence-electron chi connectivity index (χ3n) is 2.87. The fourth-order valence-electron chi connectivity index (χ4n) is 1.70. The number of rotatable bonds is 6. The van der Waals surface area contributed by atoms with Crippen LogP contribution >= 0.6 is 0 Å². The summed E-state index contributed by atoms with van der Waals surface area (Å²) in [4.78, 5) is 22.6. The zero-order valence-electron chi connectivity index (χ0n) is 11.2. The highest BCUT2D eigenvalue weighted by Crippen LogP contribution is 2.15. The molecule has 4 N–H and O–H groups in total. The third kappa shape index (κ3) is 5.09. The molecule has 5 heteroatoms. The largest absolute Gasteiger partial charge is 0.481 e. The smallest absolute Gasteiger partial charge is 0.303 e. The lowest BCUT2D eigenvalue weighted by molar-refractivity contribution is -0.138. The summed E-state index contributed by atoms with van der Waals surface area (Å²) in [6.07, 6.45) is 0.365. The normalized spacial score (nSPS) is 12.8. The highest BCUT2D eigenvalue weighted by atomic mass is 16.4. The van der Waals surface area contributed by atoms with E-state index in [0.717, 1.165) is 5.56 Å². The van der Waals surface area contributed by atoms with Gasteiger partial charge in [-0.1, -0.05) is 30.3 Å². The number of carboxylic acids is 1. The van der Waals surface area contributed by atoms with E-state index in [0.29, 0.717) is 6.42 Å². The van der Waals surface area contributed by atoms with Gasteiger partial charge in [0.25, 0.3) is 0 Å². The first kappa shape index (κ1) is 15.2. The van der Waals surface area contributed by atoms with E-state index in [-0.39, 0.29) is 12.3 Å². The fraction of sp³-hybridized carbons (Fsp3) is 0.429. The average molecular weight is 264 g/mol. The summed E-state index contributed by atoms with van der Waals surface area (Å²) in [5.41, 5.74) is 6.01. The van der Waals surface area contributed by atoms with Crippen molar-refractivity contribution in [3.05, 3.63) is 35.9 Å². The van der Waals surface area contributed by atoms with Gasteiger partial charge in [-0.3, -0.25) is 9.59 Å². The van der Waals surface area contributed by atoms with Crippen molar-refractivity contribution in [1.29, 1.82) is 0 Å². The minimum Gasteiger partial charge on any atom is -0.481 e. The van der Waals surface area contributed by atoms with Crippen molar-refractivity contribution in [2.24, 2.45) is 5.73 Å². The molecule has 1 amide bonds. The number of amides is 1. The maximum atomic E-state index is 12.0. The molecule has 5 nitrogen and oxygen atoms in total. The van der Waals surface area contributed by atoms with E-state index in [1.807, 2.05) is 18.2 Å². The van der Waals surface area contributed by atoms with E-state index in [4.69, 9.17) is 10.8 Å². The Kier molecular flexibility index (Phi) is 5.06. The van der Waals surface area contributed by atoms with E-state index in [1.165, 1.54) is 0 Å². The number of benzene rings is 1. The van der Waals surface area contributed by atoms with Gasteiger partial charge in [0.05, 0.1) is 0 Å². The third-order valence-corrected chi connectivity index (χ3v) is 2.87. The van der Waals surface area contributed by atoms with Gasteiger partial charge in [0.1, 0.15) is 6.04 Å². The van der Waals surface area contributed by atoms with E-state index in [2.05, 4.69) is 5.32 Å². The predicted octanol–water partition coefficient (Wildman–Crippen LogP) is 1.45. The molecule has 104 valence electrons. The molecule has 0 aromatic heterocycles. The molecule has 0 fully saturated rings. The highest BCUT2D eigenvalue weighted by molar-refractivity contribution is 5.83. The average Bonchev–Trinajstić information content (AvgIpc) is 2.36. The van der Waals surface area contributed by atoms with Crippen molar-refractivity contribution < 1.29 is 14.7 Å². The van der Waals surface area contributed by atoms with Crippen LogP contribution in [0.15, 0.2) is 30.3 Å². The molecule has 0 aliphatic carbocycles. The van der Waals surface area contributed by atoms with Crippen LogP contribution in [0.3, 0.4) is 0 Å². The molecule has 1 atom stereocenters. The van der Waals surface area contributed by atoms with Crippen LogP contribution in [-0.2, 0) is 9.59 Å². The second kappa shape index (κ2) is 6.33. The van der Waals surface area contributed by atoms with E-state index >= 15 is 0 Å². The van der Waals surface area contributed by atoms with E-state index in [9.17, 15) is 9.59 Å². The Balaban J connectivity index is 2.61. The summed E-state index contributed by atoms with van der Waals surface area (Å²) in [6, 6.07) is 8.31. The molecule has 0 saturated carbocycles. The Morgan fingerprint density at radius 2 is 1.89 bits per heavy atom. The van der Waals surface area contributed by atoms with Gasteiger partial charge in [-0.05, 0) is 25.8 Å². The summed E-state index contributed by atoms with van der Waals surface area (Å²) in [5, 5.41) is 11.4. The van der Waals surface area contributed by atoms with Crippen molar-refractivity contribution in [3.63, 3.8) is 0 Å². The number of carbonyl (C=O) groups excluding carboxylic acids is 1. The second-order valence-corrected chi connectivity index (χ2v) is 5.16. The maximum absolute atomic E-state index is 12.0. The monoisotopic (exact) mass is 264 g/mol. The number of hydrogen-bond donors (Lipinski definition) is 3. The molecule has 1 rings (SSSR count). The van der Waals surface area contributed by atoms with Gasteiger partial charge in [-0.2, -0.15) is 0 Å². The van der Waals surface area contributed by atoms with Gasteiger partial charge in [0.2, 0.25) is 5.91 Å². The molecule has 0 aliphatic rings. The van der Waals surface area contributed by atoms with Crippen molar-refractivity contribution in [1.82, 2.24) is 5.32 Å². The first-order valence-electron chi connectivity index (χ1n) is 6.16. The molecule has 0 heterocycles. The van der Waals surface area contributed by atoms with Crippen LogP contribution in [0.25, 0.3) is 0 Å². The van der Waals surface area contributed by atoms with Gasteiger partial charge < -0.3 is 16.2 Å². The molecule has 0 unspecified atom stereocenters. The minimum absolute atomic E-state index is 0.00779. The summed E-state index contributed by atoms with van der Waals surface area (Å²) in [6.45, 7) is 3.57. The summed E-state index contributed by atoms with van der Waals surface area (Å²) in [7, 11) is 0. The summed E-state index contributed by atoms with van der Waals surface area (Å²) >= 11 is 0. The minimum atomic E-state index is -0.880. The molecule has 0 spiro atoms. The Labute approximate surface area is 112 Å². The molecule has 1 aromatic carbocycles. The number of carboxylic acid groups (broad SMARTS) is 1. The van der Waals surface area contributed by atoms with E-state index < -0.39 is 17.6 Å². The van der Waals surface area contributed by atoms with Crippen molar-refractivity contribution in [2.45, 2.75) is 38.3 Å². The zero-order valence-corrected chi connectivity index (χ0v) is 11.2. The lowest BCUT2D eigenvalue weighted by Gasteiger charge is -2.27. The SMILES string of the molecule is CC(C)(CCC(=O)O)NC(=O)[C@@H](N)c1ccccc1. The maximum Gasteiger partial charge on any atom is 0.303 e. The van der Waals surface area contributed by atoms with Crippen LogP contribution in [0.5, 0.6) is 0 Å². The van der Waals surface area contributed by atoms with Crippen LogP contribution in [0.1, 0.15) is 38.3 Å². The summed E-state index contributed by atoms with van der Waals surface area (Å²) < 4.78 is 0. The van der Waals surface area contributed by atoms with Crippen molar-refractivity contribution in [3.8, 4) is 0 Å². The van der Waals surface area contributed by atoms with Gasteiger partial charge in [-0.25, -0.2) is 0 Å². The quantitative estimate of drug-likeness (QED) is 0.725. The number of carbonyl (C=O) groups is 2. The zero-order chi connectivity index (χ0) is 14.5. The predicted molar refractivity (Wildman–Crippen MR) is 72.5 cm³/mol. The van der Waals surface area contributed by atoms with Gasteiger partial charge in [0, 0.05) is 12.0 Å². The molecule has 19 heavy (non-hydrogen) atoms. The van der Waals surface area contributed by atoms with Gasteiger partial charge in [-0.15, -0.1) is 0 Å². The fourth-order valence-corrected chi connectivity index (χ4v) is 1.70. The Hall–Kier alpha value is -1.88. The molecular weight excluding hydrogens is 244 g/mol. The highest BCUT2D eigenvalue weighted by Gasteiger charge is 2.25. The van der Waals surface area contributed by atoms with Crippen LogP contribution in [0, 0.1) is 0 Å². The molecular formula is C14H20N2O3. The Bertz CT molecular complexity index is 443. The van der Waals surface area contributed by atoms with Gasteiger partial charge in [0.15, 0.2) is 0 Å². The number of hydrogen-bond acceptors (Lipinski definition) is 3. The van der Waals surface area contributed by atoms with Crippen LogP contribution < -0.4 is 11.1 Å². The first-order valence-corrected chi connectivity index (χ1v) is 6.16. The first-order chi connectivity index (χ1) is 8.82. The summed E-state index contributed by atoms with van der Waals surface area (Å²) in [5.74, 6) is -1.18. The topological polar surface area (TPSA) is 92.4 Å². The second-order valence-electron chi connectivity index (χ2n) is 5.16. The van der Waals surface area contributed by atoms with Crippen LogP contribution in [-0.4, -0.2) is 22.5 Å². The molecule has 0 bridgehead atoms. The molecule has 0 aliphatic heterocycles. The number of nitrogens with one attached hydrogen (secondary N) is 1. The van der Waals surface area contributed by atoms with E-state index in [1.54, 1.807) is 26.0 Å². The Morgan fingerprint density at radius 1 is 1.32 bits per heavy atom. The molecule has 1 aromatic rings. The number of nitrogens with two attached hydrogens (primary N) is 1. The molecule has 0 saturated heterocycles. The Morgan fingerprint density at radius 3 is 2.42 bits per heavy atom. The molecule has 0 radical (unpaired) electrons. The van der Waals surface area contributed by atoms with Gasteiger partial charge >= 0.3 is 5.97 Å².